The molecule has 0 saturated heterocycles. The number of nitrogens with zero attached hydrogens (tertiary/aromatic N) is 1. The van der Waals surface area contributed by atoms with Crippen LogP contribution in [0.2, 0.25) is 0 Å². The van der Waals surface area contributed by atoms with Gasteiger partial charge in [0, 0.05) is 24.6 Å². The van der Waals surface area contributed by atoms with Gasteiger partial charge in [0.2, 0.25) is 0 Å². The third-order valence-electron chi connectivity index (χ3n) is 3.12. The van der Waals surface area contributed by atoms with Gasteiger partial charge in [0.15, 0.2) is 0 Å². The Hall–Kier alpha value is -1.37. The maximum Gasteiger partial charge on any atom is 0.124 e. The van der Waals surface area contributed by atoms with E-state index in [1.165, 1.54) is 25.0 Å². The molecule has 0 amide bonds. The van der Waals surface area contributed by atoms with Gasteiger partial charge in [-0.3, -0.25) is 4.90 Å². The molecule has 2 nitrogen and oxygen atoms in total. The van der Waals surface area contributed by atoms with Crippen LogP contribution in [0.25, 0.3) is 0 Å². The van der Waals surface area contributed by atoms with Gasteiger partial charge >= 0.3 is 0 Å². The average molecular weight is 247 g/mol. The molecule has 0 unspecified atom stereocenters. The van der Waals surface area contributed by atoms with Gasteiger partial charge in [0.05, 0.1) is 6.61 Å². The van der Waals surface area contributed by atoms with Crippen molar-refractivity contribution < 1.29 is 9.50 Å². The first-order chi connectivity index (χ1) is 8.70. The highest BCUT2D eigenvalue weighted by molar-refractivity contribution is 5.41. The van der Waals surface area contributed by atoms with Gasteiger partial charge in [-0.15, -0.1) is 0 Å². The lowest BCUT2D eigenvalue weighted by Crippen LogP contribution is -2.20. The zero-order chi connectivity index (χ0) is 13.0. The zero-order valence-electron chi connectivity index (χ0n) is 10.6. The van der Waals surface area contributed by atoms with E-state index in [1.54, 1.807) is 6.07 Å². The lowest BCUT2D eigenvalue weighted by Gasteiger charge is -2.16. The van der Waals surface area contributed by atoms with Gasteiger partial charge in [-0.25, -0.2) is 4.39 Å². The van der Waals surface area contributed by atoms with Gasteiger partial charge in [-0.05, 0) is 37.6 Å². The zero-order valence-corrected chi connectivity index (χ0v) is 10.6. The molecule has 0 aliphatic heterocycles. The van der Waals surface area contributed by atoms with Crippen LogP contribution in [0.15, 0.2) is 18.2 Å². The fraction of sp³-hybridized carbons (Fsp3) is 0.467. The van der Waals surface area contributed by atoms with Crippen molar-refractivity contribution in [3.05, 3.63) is 35.1 Å². The standard InChI is InChI=1S/C15H18FNO/c1-17(15-7-8-15)11-13-5-6-14(16)10-12(13)4-2-3-9-18/h5-6,10,15,18H,3,7-9,11H2,1H3. The Bertz CT molecular complexity index is 471. The second-order valence-corrected chi connectivity index (χ2v) is 4.72. The number of hydrogen-bond donors (Lipinski definition) is 1. The second-order valence-electron chi connectivity index (χ2n) is 4.72. The molecule has 1 N–H and O–H groups in total. The van der Waals surface area contributed by atoms with Gasteiger partial charge in [-0.1, -0.05) is 17.9 Å². The minimum atomic E-state index is -0.263. The van der Waals surface area contributed by atoms with Gasteiger partial charge in [0.1, 0.15) is 5.82 Å². The second kappa shape index (κ2) is 5.99. The van der Waals surface area contributed by atoms with Gasteiger partial charge < -0.3 is 5.11 Å². The van der Waals surface area contributed by atoms with E-state index in [4.69, 9.17) is 5.11 Å². The topological polar surface area (TPSA) is 23.5 Å². The fourth-order valence-electron chi connectivity index (χ4n) is 1.93. The first kappa shape index (κ1) is 13.1. The molecule has 0 aromatic heterocycles. The van der Waals surface area contributed by atoms with Crippen molar-refractivity contribution in [2.75, 3.05) is 13.7 Å². The molecule has 0 spiro atoms. The molecule has 1 aromatic carbocycles. The average Bonchev–Trinajstić information content (AvgIpc) is 3.16. The number of benzene rings is 1. The maximum absolute atomic E-state index is 13.2. The Morgan fingerprint density at radius 2 is 2.22 bits per heavy atom. The fourth-order valence-corrected chi connectivity index (χ4v) is 1.93. The first-order valence-electron chi connectivity index (χ1n) is 6.29. The van der Waals surface area contributed by atoms with Crippen LogP contribution in [0.1, 0.15) is 30.4 Å². The van der Waals surface area contributed by atoms with Crippen molar-refractivity contribution in [1.82, 2.24) is 4.90 Å². The number of hydrogen-bond acceptors (Lipinski definition) is 2. The molecule has 3 heteroatoms. The first-order valence-corrected chi connectivity index (χ1v) is 6.29. The van der Waals surface area contributed by atoms with E-state index < -0.39 is 0 Å². The number of aliphatic hydroxyl groups excluding tert-OH is 1. The smallest absolute Gasteiger partial charge is 0.124 e. The van der Waals surface area contributed by atoms with E-state index in [1.807, 2.05) is 0 Å². The number of rotatable bonds is 4. The summed E-state index contributed by atoms with van der Waals surface area (Å²) >= 11 is 0. The summed E-state index contributed by atoms with van der Waals surface area (Å²) in [5, 5.41) is 8.71. The third-order valence-corrected chi connectivity index (χ3v) is 3.12. The number of aliphatic hydroxyl groups is 1. The van der Waals surface area contributed by atoms with E-state index in [0.29, 0.717) is 12.5 Å². The normalized spacial score (nSPS) is 14.4. The summed E-state index contributed by atoms with van der Waals surface area (Å²) in [5.41, 5.74) is 1.78. The van der Waals surface area contributed by atoms with E-state index >= 15 is 0 Å². The van der Waals surface area contributed by atoms with Crippen LogP contribution in [-0.4, -0.2) is 29.7 Å². The van der Waals surface area contributed by atoms with Gasteiger partial charge in [-0.2, -0.15) is 0 Å². The van der Waals surface area contributed by atoms with Crippen LogP contribution in [0, 0.1) is 17.7 Å². The van der Waals surface area contributed by atoms with Crippen LogP contribution >= 0.6 is 0 Å². The van der Waals surface area contributed by atoms with E-state index in [-0.39, 0.29) is 12.4 Å². The van der Waals surface area contributed by atoms with Crippen LogP contribution in [-0.2, 0) is 6.54 Å². The number of halogens is 1. The van der Waals surface area contributed by atoms with Crippen molar-refractivity contribution in [3.63, 3.8) is 0 Å². The Morgan fingerprint density at radius 1 is 1.44 bits per heavy atom. The molecule has 96 valence electrons. The lowest BCUT2D eigenvalue weighted by atomic mass is 10.1. The summed E-state index contributed by atoms with van der Waals surface area (Å²) in [5.74, 6) is 5.53. The predicted molar refractivity (Wildman–Crippen MR) is 69.5 cm³/mol. The Balaban J connectivity index is 2.14. The largest absolute Gasteiger partial charge is 0.395 e. The van der Waals surface area contributed by atoms with Crippen molar-refractivity contribution >= 4 is 0 Å². The molecule has 0 atom stereocenters. The molecule has 1 aliphatic rings. The molecule has 0 heterocycles. The van der Waals surface area contributed by atoms with Crippen LogP contribution in [0.3, 0.4) is 0 Å². The predicted octanol–water partition coefficient (Wildman–Crippen LogP) is 2.15. The molecule has 18 heavy (non-hydrogen) atoms. The molecule has 1 aliphatic carbocycles. The van der Waals surface area contributed by atoms with Crippen LogP contribution in [0.5, 0.6) is 0 Å². The molecule has 1 aromatic rings. The Labute approximate surface area is 107 Å². The molecule has 0 bridgehead atoms. The van der Waals surface area contributed by atoms with E-state index in [0.717, 1.165) is 17.7 Å². The summed E-state index contributed by atoms with van der Waals surface area (Å²) in [7, 11) is 2.09. The minimum Gasteiger partial charge on any atom is -0.395 e. The van der Waals surface area contributed by atoms with E-state index in [9.17, 15) is 4.39 Å². The van der Waals surface area contributed by atoms with Crippen LogP contribution in [0.4, 0.5) is 4.39 Å². The third kappa shape index (κ3) is 3.56. The van der Waals surface area contributed by atoms with E-state index in [2.05, 4.69) is 23.8 Å². The van der Waals surface area contributed by atoms with Gasteiger partial charge in [0.25, 0.3) is 0 Å². The Morgan fingerprint density at radius 3 is 2.89 bits per heavy atom. The van der Waals surface area contributed by atoms with Crippen molar-refractivity contribution in [2.24, 2.45) is 0 Å². The molecule has 0 radical (unpaired) electrons. The molecular formula is C15H18FNO. The Kier molecular flexibility index (Phi) is 4.35. The maximum atomic E-state index is 13.2. The highest BCUT2D eigenvalue weighted by atomic mass is 19.1. The summed E-state index contributed by atoms with van der Waals surface area (Å²) in [4.78, 5) is 2.28. The molecule has 2 rings (SSSR count). The summed E-state index contributed by atoms with van der Waals surface area (Å²) in [6.07, 6.45) is 2.93. The molecule has 1 saturated carbocycles. The van der Waals surface area contributed by atoms with Crippen LogP contribution < -0.4 is 0 Å². The quantitative estimate of drug-likeness (QED) is 0.824. The SMILES string of the molecule is CN(Cc1ccc(F)cc1C#CCCO)C1CC1. The van der Waals surface area contributed by atoms with Crippen molar-refractivity contribution in [2.45, 2.75) is 31.8 Å². The lowest BCUT2D eigenvalue weighted by molar-refractivity contribution is 0.305. The summed E-state index contributed by atoms with van der Waals surface area (Å²) < 4.78 is 13.2. The molecular weight excluding hydrogens is 229 g/mol. The monoisotopic (exact) mass is 247 g/mol. The van der Waals surface area contributed by atoms with Crippen molar-refractivity contribution in [3.8, 4) is 11.8 Å². The van der Waals surface area contributed by atoms with Crippen molar-refractivity contribution in [1.29, 1.82) is 0 Å². The minimum absolute atomic E-state index is 0.0413. The molecule has 1 fully saturated rings. The highest BCUT2D eigenvalue weighted by Gasteiger charge is 2.26. The highest BCUT2D eigenvalue weighted by Crippen LogP contribution is 2.27. The summed E-state index contributed by atoms with van der Waals surface area (Å²) in [6, 6.07) is 5.43. The summed E-state index contributed by atoms with van der Waals surface area (Å²) in [6.45, 7) is 0.841.